The maximum atomic E-state index is 14.4. The van der Waals surface area contributed by atoms with Crippen molar-refractivity contribution < 1.29 is 59.5 Å². The predicted molar refractivity (Wildman–Crippen MR) is 512 cm³/mol. The van der Waals surface area contributed by atoms with Crippen molar-refractivity contribution in [1.29, 1.82) is 21.0 Å². The Labute approximate surface area is 806 Å². The van der Waals surface area contributed by atoms with Crippen molar-refractivity contribution in [3.05, 3.63) is 336 Å². The molecule has 668 valence electrons. The monoisotopic (exact) mass is 2010 g/mol. The Kier molecular flexibility index (Phi) is 29.3. The molecule has 38 heteroatoms. The number of benzene rings is 8. The van der Waals surface area contributed by atoms with Gasteiger partial charge in [0, 0.05) is 75.5 Å². The summed E-state index contributed by atoms with van der Waals surface area (Å²) in [4.78, 5) is 55.3. The highest BCUT2D eigenvalue weighted by Gasteiger charge is 2.24. The van der Waals surface area contributed by atoms with Crippen LogP contribution in [0.4, 0.5) is 26.3 Å². The van der Waals surface area contributed by atoms with Crippen LogP contribution in [0.2, 0.25) is 10.2 Å². The summed E-state index contributed by atoms with van der Waals surface area (Å²) in [5.41, 5.74) is 8.58. The van der Waals surface area contributed by atoms with E-state index >= 15 is 0 Å². The maximum Gasteiger partial charge on any atom is 0.241 e. The van der Waals surface area contributed by atoms with Crippen LogP contribution in [0.5, 0.6) is 63.9 Å². The van der Waals surface area contributed by atoms with E-state index in [4.69, 9.17) is 77.4 Å². The molecule has 24 nitrogen and oxygen atoms in total. The highest BCUT2D eigenvalue weighted by Crippen LogP contribution is 2.42. The van der Waals surface area contributed by atoms with Crippen LogP contribution in [-0.4, -0.2) is 104 Å². The van der Waals surface area contributed by atoms with Crippen LogP contribution >= 0.6 is 95.8 Å². The summed E-state index contributed by atoms with van der Waals surface area (Å²) in [5, 5.41) is 45.9. The third kappa shape index (κ3) is 22.4. The summed E-state index contributed by atoms with van der Waals surface area (Å²) in [6.45, 7) is 4.86. The molecule has 136 heavy (non-hydrogen) atoms. The van der Waals surface area contributed by atoms with E-state index in [1.165, 1.54) is 93.1 Å². The van der Waals surface area contributed by atoms with Crippen molar-refractivity contribution in [2.75, 3.05) is 39.5 Å². The zero-order valence-corrected chi connectivity index (χ0v) is 76.7. The number of halogens is 9. The van der Waals surface area contributed by atoms with Gasteiger partial charge < -0.3 is 33.2 Å². The van der Waals surface area contributed by atoms with Gasteiger partial charge in [-0.1, -0.05) is 63.4 Å². The molecule has 0 saturated carbocycles. The fraction of sp³-hybridized carbons (Fsp3) is 0.0612. The first-order valence-corrected chi connectivity index (χ1v) is 46.2. The van der Waals surface area contributed by atoms with E-state index in [1.54, 1.807) is 96.8 Å². The number of fused-ring (bicyclic) bond motifs is 5. The molecule has 21 rings (SSSR count). The van der Waals surface area contributed by atoms with Crippen molar-refractivity contribution >= 4 is 147 Å². The van der Waals surface area contributed by atoms with Gasteiger partial charge in [0.05, 0.1) is 87.3 Å². The Morgan fingerprint density at radius 3 is 1.17 bits per heavy atom. The average molecular weight is 2010 g/mol. The Morgan fingerprint density at radius 1 is 0.360 bits per heavy atom. The van der Waals surface area contributed by atoms with Gasteiger partial charge in [-0.05, 0) is 221 Å². The molecule has 0 radical (unpaired) electrons. The van der Waals surface area contributed by atoms with E-state index in [0.717, 1.165) is 121 Å². The number of morpholine rings is 1. The Hall–Kier alpha value is -15.4. The first kappa shape index (κ1) is 92.4. The van der Waals surface area contributed by atoms with Gasteiger partial charge in [0.25, 0.3) is 0 Å². The number of aromatic nitrogens is 12. The molecule has 13 heterocycles. The van der Waals surface area contributed by atoms with Crippen molar-refractivity contribution in [1.82, 2.24) is 64.7 Å². The quantitative estimate of drug-likeness (QED) is 0.0412. The van der Waals surface area contributed by atoms with E-state index < -0.39 is 40.7 Å². The fourth-order valence-corrected chi connectivity index (χ4v) is 17.5. The van der Waals surface area contributed by atoms with Gasteiger partial charge in [-0.2, -0.15) is 50.4 Å². The lowest BCUT2D eigenvalue weighted by Gasteiger charge is -2.26. The minimum atomic E-state index is -1.59. The predicted octanol–water partition coefficient (Wildman–Crippen LogP) is 26.6. The third-order valence-electron chi connectivity index (χ3n) is 19.6. The second-order valence-corrected chi connectivity index (χ2v) is 34.8. The number of thiophene rings is 5. The lowest BCUT2D eigenvalue weighted by Crippen LogP contribution is -2.38. The average Bonchev–Trinajstić information content (AvgIpc) is 1.61. The molecule has 12 aromatic heterocycles. The van der Waals surface area contributed by atoms with Gasteiger partial charge in [-0.15, -0.1) is 56.7 Å². The molecule has 0 unspecified atom stereocenters. The zero-order valence-electron chi connectivity index (χ0n) is 69.5. The van der Waals surface area contributed by atoms with Crippen LogP contribution in [-0.2, 0) is 4.74 Å². The number of pyridine rings is 2. The molecule has 0 atom stereocenters. The van der Waals surface area contributed by atoms with Gasteiger partial charge >= 0.3 is 0 Å². The van der Waals surface area contributed by atoms with Crippen molar-refractivity contribution in [3.8, 4) is 145 Å². The third-order valence-corrected chi connectivity index (χ3v) is 24.9. The van der Waals surface area contributed by atoms with Crippen LogP contribution in [0.1, 0.15) is 22.3 Å². The van der Waals surface area contributed by atoms with Gasteiger partial charge in [-0.3, -0.25) is 9.88 Å². The standard InChI is InChI=1S/C25H21FN4O3S.C19H9BrFN3OS.C19H9ClFN3OS.C18H9ClN4OS.C17H8F3N3OS/c26-20-15-17(16-27)1-6-22(20)33-25-23-21(7-14-34-23)28-24(29-25)18-2-4-19(5-3-18)32-13-10-30-8-11-31-12-9-30;2*20-13-3-1-2-12(9-13)18-23-15-6-7-26-17(15)19(24-18)25-16-5-4-11(10-22)8-14(16)21;19-15-9-12(5-7-21-15)17-22-14-6-8-25-16(14)18(23-17)24-13-3-1-11(10-20)2-4-13;18-10-1-2-12(14(20)13(10)19)24-17-15-11(5-8-25-15)22-16(23-17)9-3-6-21-7-4-9/h1-7,14-15H,8-13H2;2*1-9H;1-9H;1-8H. The number of hydrogen-bond acceptors (Lipinski definition) is 29. The Balaban J connectivity index is 0.000000119. The lowest BCUT2D eigenvalue weighted by atomic mass is 10.2. The molecule has 8 aromatic carbocycles. The SMILES string of the molecule is Fc1ccc(Oc2nc(-c3ccncc3)nc3ccsc23)c(F)c1F.N#Cc1ccc(Oc2nc(-c3ccc(OCCN4CCOCC4)cc3)nc3ccsc23)c(F)c1.N#Cc1ccc(Oc2nc(-c3cccc(Br)c3)nc3ccsc23)c(F)c1.N#Cc1ccc(Oc2nc(-c3cccc(Cl)c3)nc3ccsc23)c(F)c1.N#Cc1ccc(Oc2nc(-c3ccnc(Cl)c3)nc3ccsc23)cc1. The van der Waals surface area contributed by atoms with Crippen molar-refractivity contribution in [3.63, 3.8) is 0 Å². The zero-order chi connectivity index (χ0) is 94.1. The highest BCUT2D eigenvalue weighted by molar-refractivity contribution is 9.10. The topological polar surface area (TPSA) is 318 Å². The number of rotatable bonds is 19. The van der Waals surface area contributed by atoms with Crippen LogP contribution < -0.4 is 28.4 Å². The molecule has 1 aliphatic rings. The minimum absolute atomic E-state index is 0.00219. The van der Waals surface area contributed by atoms with Crippen LogP contribution in [0.15, 0.2) is 268 Å². The Morgan fingerprint density at radius 2 is 0.743 bits per heavy atom. The molecular weight excluding hydrogens is 1950 g/mol. The smallest absolute Gasteiger partial charge is 0.241 e. The lowest BCUT2D eigenvalue weighted by molar-refractivity contribution is 0.0322. The first-order valence-electron chi connectivity index (χ1n) is 40.3. The van der Waals surface area contributed by atoms with E-state index in [9.17, 15) is 26.3 Å². The van der Waals surface area contributed by atoms with Crippen LogP contribution in [0, 0.1) is 80.2 Å². The highest BCUT2D eigenvalue weighted by atomic mass is 79.9. The summed E-state index contributed by atoms with van der Waals surface area (Å²) in [7, 11) is 0. The fourth-order valence-electron chi connectivity index (χ4n) is 13.0. The second-order valence-electron chi connectivity index (χ2n) is 28.5. The number of nitrogens with zero attached hydrogens (tertiary/aromatic N) is 17. The van der Waals surface area contributed by atoms with Crippen LogP contribution in [0.3, 0.4) is 0 Å². The van der Waals surface area contributed by atoms with Crippen molar-refractivity contribution in [2.24, 2.45) is 0 Å². The molecular formula is C98H56BrCl2F6N17O7S5. The number of ether oxygens (including phenoxy) is 7. The molecule has 0 N–H and O–H groups in total. The van der Waals surface area contributed by atoms with E-state index in [-0.39, 0.29) is 57.5 Å². The first-order chi connectivity index (χ1) is 66.3. The molecule has 0 amide bonds. The van der Waals surface area contributed by atoms with E-state index in [2.05, 4.69) is 86.7 Å². The molecule has 0 spiro atoms. The van der Waals surface area contributed by atoms with E-state index in [1.807, 2.05) is 119 Å². The van der Waals surface area contributed by atoms with Gasteiger partial charge in [0.2, 0.25) is 35.2 Å². The summed E-state index contributed by atoms with van der Waals surface area (Å²) in [6, 6.07) is 67.1. The summed E-state index contributed by atoms with van der Waals surface area (Å²) < 4.78 is 128. The summed E-state index contributed by atoms with van der Waals surface area (Å²) in [6.07, 6.45) is 4.79. The second kappa shape index (κ2) is 43.1. The van der Waals surface area contributed by atoms with Gasteiger partial charge in [-0.25, -0.2) is 51.9 Å². The van der Waals surface area contributed by atoms with Gasteiger partial charge in [0.1, 0.15) is 46.8 Å². The molecule has 0 aliphatic carbocycles. The number of nitriles is 4. The largest absolute Gasteiger partial charge is 0.492 e. The summed E-state index contributed by atoms with van der Waals surface area (Å²) in [5.74, 6) is -1.64. The normalized spacial score (nSPS) is 11.6. The molecule has 1 saturated heterocycles. The molecule has 1 aliphatic heterocycles. The molecule has 20 aromatic rings. The Bertz CT molecular complexity index is 7820. The van der Waals surface area contributed by atoms with Crippen molar-refractivity contribution in [2.45, 2.75) is 0 Å². The summed E-state index contributed by atoms with van der Waals surface area (Å²) >= 11 is 22.5. The molecule has 0 bridgehead atoms. The minimum Gasteiger partial charge on any atom is -0.492 e. The van der Waals surface area contributed by atoms with Crippen LogP contribution in [0.25, 0.3) is 108 Å². The van der Waals surface area contributed by atoms with Gasteiger partial charge in [0.15, 0.2) is 81.2 Å². The number of hydrogen-bond donors (Lipinski definition) is 0. The molecule has 1 fully saturated rings. The maximum absolute atomic E-state index is 14.4. The van der Waals surface area contributed by atoms with E-state index in [0.29, 0.717) is 94.6 Å².